The Kier molecular flexibility index (Phi) is 4.59. The molecule has 0 aromatic heterocycles. The Morgan fingerprint density at radius 2 is 1.80 bits per heavy atom. The molecule has 20 heavy (non-hydrogen) atoms. The molecule has 0 aliphatic carbocycles. The van der Waals surface area contributed by atoms with Gasteiger partial charge in [-0.15, -0.1) is 0 Å². The molecule has 2 saturated heterocycles. The molecule has 0 saturated carbocycles. The van der Waals surface area contributed by atoms with Gasteiger partial charge in [0, 0.05) is 6.54 Å². The van der Waals surface area contributed by atoms with Crippen molar-refractivity contribution in [2.75, 3.05) is 26.7 Å². The standard InChI is InChI=1S/C13H20N2O5/c1-20-11(16)8-14-6-2-4-9(14)12(17)15-7-3-5-10(15)13(18)19/h9-10H,2-8H2,1H3,(H,18,19)/t9-,10-/m0/s1. The van der Waals surface area contributed by atoms with Crippen LogP contribution in [0, 0.1) is 0 Å². The first-order valence-corrected chi connectivity index (χ1v) is 6.88. The van der Waals surface area contributed by atoms with Crippen LogP contribution in [0.4, 0.5) is 0 Å². The summed E-state index contributed by atoms with van der Waals surface area (Å²) >= 11 is 0. The molecule has 0 aromatic rings. The van der Waals surface area contributed by atoms with Gasteiger partial charge in [-0.2, -0.15) is 0 Å². The summed E-state index contributed by atoms with van der Waals surface area (Å²) in [6.45, 7) is 1.23. The summed E-state index contributed by atoms with van der Waals surface area (Å²) in [7, 11) is 1.32. The van der Waals surface area contributed by atoms with E-state index in [1.54, 1.807) is 4.90 Å². The lowest BCUT2D eigenvalue weighted by Crippen LogP contribution is -2.50. The maximum atomic E-state index is 12.5. The van der Waals surface area contributed by atoms with Gasteiger partial charge in [-0.05, 0) is 32.2 Å². The zero-order chi connectivity index (χ0) is 14.7. The molecule has 0 bridgehead atoms. The second-order valence-corrected chi connectivity index (χ2v) is 5.23. The first kappa shape index (κ1) is 14.8. The van der Waals surface area contributed by atoms with E-state index in [0.717, 1.165) is 6.42 Å². The Hall–Kier alpha value is -1.63. The van der Waals surface area contributed by atoms with Crippen LogP contribution in [0.25, 0.3) is 0 Å². The van der Waals surface area contributed by atoms with E-state index < -0.39 is 18.1 Å². The van der Waals surface area contributed by atoms with Crippen molar-refractivity contribution in [1.82, 2.24) is 9.80 Å². The van der Waals surface area contributed by atoms with E-state index in [0.29, 0.717) is 32.4 Å². The van der Waals surface area contributed by atoms with Crippen LogP contribution in [-0.2, 0) is 19.1 Å². The monoisotopic (exact) mass is 284 g/mol. The van der Waals surface area contributed by atoms with Crippen LogP contribution >= 0.6 is 0 Å². The Balaban J connectivity index is 2.03. The van der Waals surface area contributed by atoms with Crippen LogP contribution in [0.2, 0.25) is 0 Å². The number of carbonyl (C=O) groups is 3. The molecule has 0 spiro atoms. The molecule has 2 fully saturated rings. The molecule has 0 unspecified atom stereocenters. The van der Waals surface area contributed by atoms with Gasteiger partial charge in [-0.25, -0.2) is 4.79 Å². The van der Waals surface area contributed by atoms with E-state index in [4.69, 9.17) is 5.11 Å². The van der Waals surface area contributed by atoms with Crippen molar-refractivity contribution in [3.05, 3.63) is 0 Å². The Bertz CT molecular complexity index is 412. The van der Waals surface area contributed by atoms with Crippen molar-refractivity contribution in [2.45, 2.75) is 37.8 Å². The molecule has 2 rings (SSSR count). The molecule has 112 valence electrons. The highest BCUT2D eigenvalue weighted by molar-refractivity contribution is 5.88. The molecule has 0 radical (unpaired) electrons. The van der Waals surface area contributed by atoms with Gasteiger partial charge in [0.1, 0.15) is 6.04 Å². The first-order valence-electron chi connectivity index (χ1n) is 6.88. The lowest BCUT2D eigenvalue weighted by molar-refractivity contribution is -0.151. The van der Waals surface area contributed by atoms with E-state index in [1.807, 2.05) is 0 Å². The molecule has 1 amide bonds. The number of rotatable bonds is 4. The van der Waals surface area contributed by atoms with Crippen LogP contribution in [0.3, 0.4) is 0 Å². The normalized spacial score (nSPS) is 26.8. The highest BCUT2D eigenvalue weighted by Crippen LogP contribution is 2.24. The number of carboxylic acids is 1. The van der Waals surface area contributed by atoms with Crippen LogP contribution < -0.4 is 0 Å². The van der Waals surface area contributed by atoms with E-state index in [-0.39, 0.29) is 18.4 Å². The fraction of sp³-hybridized carbons (Fsp3) is 0.769. The van der Waals surface area contributed by atoms with E-state index in [1.165, 1.54) is 12.0 Å². The number of aliphatic carboxylic acids is 1. The first-order chi connectivity index (χ1) is 9.54. The smallest absolute Gasteiger partial charge is 0.326 e. The predicted octanol–water partition coefficient (Wildman–Crippen LogP) is -0.301. The second kappa shape index (κ2) is 6.21. The van der Waals surface area contributed by atoms with Crippen molar-refractivity contribution in [3.8, 4) is 0 Å². The van der Waals surface area contributed by atoms with Gasteiger partial charge in [-0.1, -0.05) is 0 Å². The van der Waals surface area contributed by atoms with Gasteiger partial charge in [0.05, 0.1) is 19.7 Å². The zero-order valence-electron chi connectivity index (χ0n) is 11.6. The second-order valence-electron chi connectivity index (χ2n) is 5.23. The molecule has 7 nitrogen and oxygen atoms in total. The van der Waals surface area contributed by atoms with Crippen LogP contribution in [0.15, 0.2) is 0 Å². The number of hydrogen-bond acceptors (Lipinski definition) is 5. The maximum Gasteiger partial charge on any atom is 0.326 e. The van der Waals surface area contributed by atoms with Gasteiger partial charge in [0.2, 0.25) is 5.91 Å². The number of nitrogens with zero attached hydrogens (tertiary/aromatic N) is 2. The molecule has 2 heterocycles. The van der Waals surface area contributed by atoms with Crippen LogP contribution in [0.1, 0.15) is 25.7 Å². The topological polar surface area (TPSA) is 87.2 Å². The molecule has 1 N–H and O–H groups in total. The minimum atomic E-state index is -0.951. The third-order valence-corrected chi connectivity index (χ3v) is 4.03. The molecular weight excluding hydrogens is 264 g/mol. The summed E-state index contributed by atoms with van der Waals surface area (Å²) in [6, 6.07) is -1.11. The van der Waals surface area contributed by atoms with Gasteiger partial charge in [0.15, 0.2) is 0 Å². The number of carbonyl (C=O) groups excluding carboxylic acids is 2. The Morgan fingerprint density at radius 3 is 2.45 bits per heavy atom. The number of amides is 1. The van der Waals surface area contributed by atoms with Crippen LogP contribution in [-0.4, -0.2) is 71.6 Å². The summed E-state index contributed by atoms with van der Waals surface area (Å²) < 4.78 is 4.63. The molecule has 2 aliphatic heterocycles. The minimum Gasteiger partial charge on any atom is -0.480 e. The predicted molar refractivity (Wildman–Crippen MR) is 69.0 cm³/mol. The highest BCUT2D eigenvalue weighted by Gasteiger charge is 2.40. The average molecular weight is 284 g/mol. The number of likely N-dealkylation sites (tertiary alicyclic amines) is 2. The van der Waals surface area contributed by atoms with Crippen molar-refractivity contribution in [1.29, 1.82) is 0 Å². The Morgan fingerprint density at radius 1 is 1.15 bits per heavy atom. The molecule has 2 aliphatic rings. The zero-order valence-corrected chi connectivity index (χ0v) is 11.6. The van der Waals surface area contributed by atoms with Gasteiger partial charge in [0.25, 0.3) is 0 Å². The average Bonchev–Trinajstić information content (AvgIpc) is 3.06. The van der Waals surface area contributed by atoms with Crippen molar-refractivity contribution in [3.63, 3.8) is 0 Å². The van der Waals surface area contributed by atoms with Gasteiger partial charge >= 0.3 is 11.9 Å². The Labute approximate surface area is 117 Å². The molecular formula is C13H20N2O5. The SMILES string of the molecule is COC(=O)CN1CCC[C@H]1C(=O)N1CCC[C@H]1C(=O)O. The highest BCUT2D eigenvalue weighted by atomic mass is 16.5. The third kappa shape index (κ3) is 2.92. The summed E-state index contributed by atoms with van der Waals surface area (Å²) in [6.07, 6.45) is 2.72. The van der Waals surface area contributed by atoms with Gasteiger partial charge in [-0.3, -0.25) is 14.5 Å². The van der Waals surface area contributed by atoms with Crippen molar-refractivity contribution in [2.24, 2.45) is 0 Å². The molecule has 7 heteroatoms. The summed E-state index contributed by atoms with van der Waals surface area (Å²) in [4.78, 5) is 38.2. The minimum absolute atomic E-state index is 0.0818. The summed E-state index contributed by atoms with van der Waals surface area (Å²) in [5.74, 6) is -1.49. The third-order valence-electron chi connectivity index (χ3n) is 4.03. The van der Waals surface area contributed by atoms with E-state index >= 15 is 0 Å². The summed E-state index contributed by atoms with van der Waals surface area (Å²) in [5, 5.41) is 9.14. The lowest BCUT2D eigenvalue weighted by Gasteiger charge is -2.29. The number of hydrogen-bond donors (Lipinski definition) is 1. The lowest BCUT2D eigenvalue weighted by atomic mass is 10.1. The quantitative estimate of drug-likeness (QED) is 0.713. The van der Waals surface area contributed by atoms with Crippen molar-refractivity contribution < 1.29 is 24.2 Å². The number of ether oxygens (including phenoxy) is 1. The fourth-order valence-corrected chi connectivity index (χ4v) is 3.00. The number of carboxylic acid groups (broad SMARTS) is 1. The summed E-state index contributed by atoms with van der Waals surface area (Å²) in [5.41, 5.74) is 0. The van der Waals surface area contributed by atoms with E-state index in [2.05, 4.69) is 4.74 Å². The number of esters is 1. The van der Waals surface area contributed by atoms with Crippen LogP contribution in [0.5, 0.6) is 0 Å². The molecule has 2 atom stereocenters. The van der Waals surface area contributed by atoms with Gasteiger partial charge < -0.3 is 14.7 Å². The maximum absolute atomic E-state index is 12.5. The largest absolute Gasteiger partial charge is 0.480 e. The number of methoxy groups -OCH3 is 1. The van der Waals surface area contributed by atoms with E-state index in [9.17, 15) is 14.4 Å². The molecule has 0 aromatic carbocycles. The van der Waals surface area contributed by atoms with Crippen molar-refractivity contribution >= 4 is 17.8 Å². The fourth-order valence-electron chi connectivity index (χ4n) is 3.00.